The van der Waals surface area contributed by atoms with Crippen LogP contribution < -0.4 is 11.2 Å². The lowest BCUT2D eigenvalue weighted by Crippen LogP contribution is -2.38. The van der Waals surface area contributed by atoms with Gasteiger partial charge in [-0.25, -0.2) is 14.9 Å². The number of nitrogens with one attached hydrogen (secondary N) is 1. The van der Waals surface area contributed by atoms with Gasteiger partial charge in [-0.05, 0) is 39.0 Å². The Hall–Kier alpha value is -1.58. The number of hydroxylamine groups is 1. The smallest absolute Gasteiger partial charge is 0.254 e. The second-order valence-electron chi connectivity index (χ2n) is 5.50. The Bertz CT molecular complexity index is 510. The molecule has 3 atom stereocenters. The Kier molecular flexibility index (Phi) is 7.53. The highest BCUT2D eigenvalue weighted by Crippen LogP contribution is 2.24. The molecule has 0 saturated carbocycles. The SMILES string of the molecule is CC(F)(CCC(CC(O)[CH]Cc1cscn1)C(=O)NO)C(N)=O. The number of carbonyl (C=O) groups excluding carboxylic acids is 2. The Morgan fingerprint density at radius 3 is 2.83 bits per heavy atom. The predicted octanol–water partition coefficient (Wildman–Crippen LogP) is 0.756. The van der Waals surface area contributed by atoms with Crippen molar-refractivity contribution in [3.8, 4) is 0 Å². The van der Waals surface area contributed by atoms with Crippen LogP contribution in [0.4, 0.5) is 4.39 Å². The molecule has 0 spiro atoms. The van der Waals surface area contributed by atoms with Gasteiger partial charge in [0.25, 0.3) is 5.91 Å². The third-order valence-corrected chi connectivity index (χ3v) is 4.20. The van der Waals surface area contributed by atoms with Gasteiger partial charge in [-0.15, -0.1) is 11.3 Å². The van der Waals surface area contributed by atoms with E-state index in [4.69, 9.17) is 10.9 Å². The molecule has 3 unspecified atom stereocenters. The zero-order chi connectivity index (χ0) is 17.5. The van der Waals surface area contributed by atoms with Gasteiger partial charge in [0.2, 0.25) is 5.91 Å². The molecule has 1 radical (unpaired) electrons. The van der Waals surface area contributed by atoms with Gasteiger partial charge in [0.15, 0.2) is 5.67 Å². The number of aromatic nitrogens is 1. The summed E-state index contributed by atoms with van der Waals surface area (Å²) in [6.45, 7) is 1.04. The number of nitrogens with zero attached hydrogens (tertiary/aromatic N) is 1. The average molecular weight is 346 g/mol. The van der Waals surface area contributed by atoms with Crippen molar-refractivity contribution in [3.63, 3.8) is 0 Å². The minimum Gasteiger partial charge on any atom is -0.393 e. The van der Waals surface area contributed by atoms with Crippen LogP contribution in [0.25, 0.3) is 0 Å². The molecule has 0 aliphatic carbocycles. The normalized spacial score (nSPS) is 16.3. The van der Waals surface area contributed by atoms with E-state index in [0.29, 0.717) is 6.42 Å². The molecule has 1 aromatic rings. The molecule has 0 aliphatic heterocycles. The number of aliphatic hydroxyl groups is 1. The first-order valence-corrected chi connectivity index (χ1v) is 8.01. The van der Waals surface area contributed by atoms with Crippen molar-refractivity contribution in [1.82, 2.24) is 10.5 Å². The van der Waals surface area contributed by atoms with Crippen LogP contribution in [-0.2, 0) is 16.0 Å². The Morgan fingerprint density at radius 1 is 1.61 bits per heavy atom. The van der Waals surface area contributed by atoms with Crippen molar-refractivity contribution in [2.45, 2.75) is 44.4 Å². The molecule has 2 amide bonds. The minimum absolute atomic E-state index is 0.00856. The van der Waals surface area contributed by atoms with Crippen LogP contribution in [0.15, 0.2) is 10.9 Å². The number of primary amides is 1. The highest BCUT2D eigenvalue weighted by atomic mass is 32.1. The Labute approximate surface area is 137 Å². The number of aliphatic hydroxyl groups excluding tert-OH is 1. The maximum absolute atomic E-state index is 13.9. The maximum Gasteiger partial charge on any atom is 0.254 e. The molecule has 5 N–H and O–H groups in total. The molecule has 0 aromatic carbocycles. The summed E-state index contributed by atoms with van der Waals surface area (Å²) in [4.78, 5) is 26.7. The zero-order valence-corrected chi connectivity index (χ0v) is 13.6. The first-order chi connectivity index (χ1) is 10.8. The highest BCUT2D eigenvalue weighted by Gasteiger charge is 2.33. The van der Waals surface area contributed by atoms with E-state index < -0.39 is 29.5 Å². The Balaban J connectivity index is 2.53. The molecular weight excluding hydrogens is 325 g/mol. The van der Waals surface area contributed by atoms with E-state index in [0.717, 1.165) is 12.6 Å². The van der Waals surface area contributed by atoms with Crippen LogP contribution in [0.1, 0.15) is 31.9 Å². The summed E-state index contributed by atoms with van der Waals surface area (Å²) >= 11 is 1.43. The van der Waals surface area contributed by atoms with Gasteiger partial charge in [-0.1, -0.05) is 0 Å². The summed E-state index contributed by atoms with van der Waals surface area (Å²) in [6.07, 6.45) is 0.753. The predicted molar refractivity (Wildman–Crippen MR) is 82.1 cm³/mol. The van der Waals surface area contributed by atoms with E-state index in [9.17, 15) is 19.1 Å². The van der Waals surface area contributed by atoms with Gasteiger partial charge in [0, 0.05) is 11.3 Å². The number of halogens is 1. The first-order valence-electron chi connectivity index (χ1n) is 7.07. The monoisotopic (exact) mass is 346 g/mol. The van der Waals surface area contributed by atoms with Crippen LogP contribution in [0.3, 0.4) is 0 Å². The summed E-state index contributed by atoms with van der Waals surface area (Å²) in [5.41, 5.74) is 6.65. The van der Waals surface area contributed by atoms with Gasteiger partial charge in [0.05, 0.1) is 17.3 Å². The van der Waals surface area contributed by atoms with Crippen LogP contribution in [0, 0.1) is 12.3 Å². The largest absolute Gasteiger partial charge is 0.393 e. The molecular formula is C14H21FN3O4S. The number of carbonyl (C=O) groups is 2. The van der Waals surface area contributed by atoms with Crippen molar-refractivity contribution < 1.29 is 24.3 Å². The summed E-state index contributed by atoms with van der Waals surface area (Å²) in [5, 5.41) is 20.6. The molecule has 7 nitrogen and oxygen atoms in total. The molecule has 0 fully saturated rings. The summed E-state index contributed by atoms with van der Waals surface area (Å²) in [6, 6.07) is 0. The van der Waals surface area contributed by atoms with E-state index in [1.54, 1.807) is 11.9 Å². The average Bonchev–Trinajstić information content (AvgIpc) is 3.01. The zero-order valence-electron chi connectivity index (χ0n) is 12.7. The number of hydrogen-bond acceptors (Lipinski definition) is 6. The number of hydrogen-bond donors (Lipinski definition) is 4. The minimum atomic E-state index is -2.25. The summed E-state index contributed by atoms with van der Waals surface area (Å²) in [7, 11) is 0. The molecule has 129 valence electrons. The number of nitrogens with two attached hydrogens (primary N) is 1. The lowest BCUT2D eigenvalue weighted by Gasteiger charge is -2.22. The van der Waals surface area contributed by atoms with Gasteiger partial charge >= 0.3 is 0 Å². The topological polar surface area (TPSA) is 126 Å². The van der Waals surface area contributed by atoms with Crippen molar-refractivity contribution in [2.24, 2.45) is 11.7 Å². The lowest BCUT2D eigenvalue weighted by atomic mass is 9.89. The van der Waals surface area contributed by atoms with E-state index in [2.05, 4.69) is 4.98 Å². The number of alkyl halides is 1. The molecule has 1 aromatic heterocycles. The standard InChI is InChI=1S/C14H21FN3O4S/c1-14(15,13(16)21)5-4-9(12(20)18-22)6-11(19)3-2-10-7-23-8-17-10/h3,7-9,11,19,22H,2,4-6H2,1H3,(H2,16,21)(H,18,20). The van der Waals surface area contributed by atoms with Crippen LogP contribution in [0.2, 0.25) is 0 Å². The van der Waals surface area contributed by atoms with Crippen LogP contribution >= 0.6 is 11.3 Å². The second kappa shape index (κ2) is 8.90. The number of amides is 2. The quantitative estimate of drug-likeness (QED) is 0.367. The van der Waals surface area contributed by atoms with Gasteiger partial charge in [0.1, 0.15) is 0 Å². The maximum atomic E-state index is 13.9. The lowest BCUT2D eigenvalue weighted by molar-refractivity contribution is -0.136. The van der Waals surface area contributed by atoms with Crippen LogP contribution in [0.5, 0.6) is 0 Å². The highest BCUT2D eigenvalue weighted by molar-refractivity contribution is 7.07. The van der Waals surface area contributed by atoms with Gasteiger partial charge < -0.3 is 10.8 Å². The molecule has 9 heteroatoms. The third-order valence-electron chi connectivity index (χ3n) is 3.57. The van der Waals surface area contributed by atoms with Crippen molar-refractivity contribution in [2.75, 3.05) is 0 Å². The van der Waals surface area contributed by atoms with E-state index in [-0.39, 0.29) is 19.3 Å². The Morgan fingerprint density at radius 2 is 2.30 bits per heavy atom. The summed E-state index contributed by atoms with van der Waals surface area (Å²) < 4.78 is 13.9. The molecule has 0 bridgehead atoms. The molecule has 1 rings (SSSR count). The fraction of sp³-hybridized carbons (Fsp3) is 0.571. The number of rotatable bonds is 10. The van der Waals surface area contributed by atoms with Gasteiger partial charge in [-0.3, -0.25) is 14.8 Å². The number of thiazole rings is 1. The first kappa shape index (κ1) is 19.5. The molecule has 23 heavy (non-hydrogen) atoms. The fourth-order valence-corrected chi connectivity index (χ4v) is 2.57. The molecule has 1 heterocycles. The molecule has 0 aliphatic rings. The fourth-order valence-electron chi connectivity index (χ4n) is 2.00. The third kappa shape index (κ3) is 6.59. The van der Waals surface area contributed by atoms with Gasteiger partial charge in [-0.2, -0.15) is 0 Å². The second-order valence-corrected chi connectivity index (χ2v) is 6.21. The van der Waals surface area contributed by atoms with E-state index >= 15 is 0 Å². The van der Waals surface area contributed by atoms with E-state index in [1.807, 2.05) is 5.38 Å². The summed E-state index contributed by atoms with van der Waals surface area (Å²) in [5.74, 6) is -2.71. The van der Waals surface area contributed by atoms with Crippen molar-refractivity contribution >= 4 is 23.2 Å². The van der Waals surface area contributed by atoms with Crippen molar-refractivity contribution in [1.29, 1.82) is 0 Å². The van der Waals surface area contributed by atoms with E-state index in [1.165, 1.54) is 16.8 Å². The van der Waals surface area contributed by atoms with Crippen LogP contribution in [-0.4, -0.2) is 38.9 Å². The molecule has 0 saturated heterocycles. The van der Waals surface area contributed by atoms with Crippen molar-refractivity contribution in [3.05, 3.63) is 23.0 Å².